The second-order valence-corrected chi connectivity index (χ2v) is 2.74. The molecule has 0 aliphatic rings. The monoisotopic (exact) mass is 255 g/mol. The standard InChI is InChI=1S/C6H4F7NO2/c1-3(14(15)16)2-4(7,8)5(9,10)6(11,12)13/h2H,1H3. The van der Waals surface area contributed by atoms with Gasteiger partial charge in [-0.2, -0.15) is 30.7 Å². The maximum atomic E-state index is 12.5. The third-order valence-electron chi connectivity index (χ3n) is 1.45. The fraction of sp³-hybridized carbons (Fsp3) is 0.667. The molecule has 0 aliphatic carbocycles. The minimum absolute atomic E-state index is 0.375. The second-order valence-electron chi connectivity index (χ2n) is 2.74. The summed E-state index contributed by atoms with van der Waals surface area (Å²) in [6, 6.07) is 0. The van der Waals surface area contributed by atoms with Gasteiger partial charge in [0.25, 0.3) is 0 Å². The maximum absolute atomic E-state index is 12.5. The van der Waals surface area contributed by atoms with Gasteiger partial charge in [-0.05, 0) is 0 Å². The summed E-state index contributed by atoms with van der Waals surface area (Å²) in [6.07, 6.45) is -7.52. The van der Waals surface area contributed by atoms with E-state index in [1.54, 1.807) is 0 Å². The molecule has 0 radical (unpaired) electrons. The molecule has 0 rings (SSSR count). The van der Waals surface area contributed by atoms with Crippen LogP contribution in [0, 0.1) is 10.1 Å². The molecule has 3 nitrogen and oxygen atoms in total. The lowest BCUT2D eigenvalue weighted by molar-refractivity contribution is -0.427. The van der Waals surface area contributed by atoms with Gasteiger partial charge in [0.15, 0.2) is 0 Å². The molecule has 0 unspecified atom stereocenters. The summed E-state index contributed by atoms with van der Waals surface area (Å²) in [5.74, 6) is -12.0. The van der Waals surface area contributed by atoms with Crippen molar-refractivity contribution in [2.45, 2.75) is 24.9 Å². The van der Waals surface area contributed by atoms with Gasteiger partial charge in [-0.15, -0.1) is 0 Å². The van der Waals surface area contributed by atoms with E-state index in [9.17, 15) is 40.8 Å². The summed E-state index contributed by atoms with van der Waals surface area (Å²) in [6.45, 7) is 0.375. The fourth-order valence-corrected chi connectivity index (χ4v) is 0.595. The number of allylic oxidation sites excluding steroid dienone is 2. The molecule has 0 heterocycles. The van der Waals surface area contributed by atoms with E-state index in [2.05, 4.69) is 0 Å². The Morgan fingerprint density at radius 2 is 1.50 bits per heavy atom. The van der Waals surface area contributed by atoms with Gasteiger partial charge in [0.05, 0.1) is 11.0 Å². The molecular formula is C6H4F7NO2. The van der Waals surface area contributed by atoms with Gasteiger partial charge in [-0.3, -0.25) is 10.1 Å². The molecule has 94 valence electrons. The van der Waals surface area contributed by atoms with Crippen molar-refractivity contribution in [3.05, 3.63) is 21.9 Å². The number of rotatable bonds is 3. The van der Waals surface area contributed by atoms with Gasteiger partial charge in [0.1, 0.15) is 0 Å². The van der Waals surface area contributed by atoms with Crippen LogP contribution in [0.15, 0.2) is 11.8 Å². The second kappa shape index (κ2) is 3.91. The Bertz CT molecular complexity index is 319. The van der Waals surface area contributed by atoms with Crippen LogP contribution in [-0.4, -0.2) is 22.9 Å². The molecular weight excluding hydrogens is 251 g/mol. The zero-order valence-electron chi connectivity index (χ0n) is 7.49. The van der Waals surface area contributed by atoms with Gasteiger partial charge in [-0.1, -0.05) is 0 Å². The number of nitro groups is 1. The van der Waals surface area contributed by atoms with Crippen LogP contribution in [0.2, 0.25) is 0 Å². The van der Waals surface area contributed by atoms with Crippen LogP contribution >= 0.6 is 0 Å². The minimum Gasteiger partial charge on any atom is -0.259 e. The van der Waals surface area contributed by atoms with Gasteiger partial charge in [0, 0.05) is 6.92 Å². The lowest BCUT2D eigenvalue weighted by Gasteiger charge is -2.25. The Hall–Kier alpha value is -1.35. The highest BCUT2D eigenvalue weighted by atomic mass is 19.4. The predicted octanol–water partition coefficient (Wildman–Crippen LogP) is 3.00. The Morgan fingerprint density at radius 1 is 1.12 bits per heavy atom. The van der Waals surface area contributed by atoms with E-state index in [4.69, 9.17) is 0 Å². The van der Waals surface area contributed by atoms with Gasteiger partial charge in [-0.25, -0.2) is 0 Å². The van der Waals surface area contributed by atoms with Crippen LogP contribution in [0.25, 0.3) is 0 Å². The van der Waals surface area contributed by atoms with Gasteiger partial charge < -0.3 is 0 Å². The summed E-state index contributed by atoms with van der Waals surface area (Å²) in [7, 11) is 0. The lowest BCUT2D eigenvalue weighted by atomic mass is 10.1. The van der Waals surface area contributed by atoms with Crippen molar-refractivity contribution in [1.82, 2.24) is 0 Å². The van der Waals surface area contributed by atoms with Crippen molar-refractivity contribution in [3.63, 3.8) is 0 Å². The Balaban J connectivity index is 5.38. The molecule has 0 aromatic heterocycles. The van der Waals surface area contributed by atoms with E-state index in [1.165, 1.54) is 0 Å². The largest absolute Gasteiger partial charge is 0.460 e. The molecule has 0 aliphatic heterocycles. The Kier molecular flexibility index (Phi) is 3.58. The van der Waals surface area contributed by atoms with Crippen molar-refractivity contribution >= 4 is 0 Å². The molecule has 0 aromatic carbocycles. The zero-order chi connectivity index (χ0) is 13.4. The molecule has 10 heteroatoms. The quantitative estimate of drug-likeness (QED) is 0.442. The Morgan fingerprint density at radius 3 is 1.75 bits per heavy atom. The Labute approximate surface area is 83.7 Å². The molecule has 0 N–H and O–H groups in total. The first kappa shape index (κ1) is 14.6. The summed E-state index contributed by atoms with van der Waals surface area (Å²) in [5, 5.41) is 9.83. The summed E-state index contributed by atoms with van der Waals surface area (Å²) >= 11 is 0. The van der Waals surface area contributed by atoms with Crippen LogP contribution in [0.1, 0.15) is 6.92 Å². The van der Waals surface area contributed by atoms with Crippen LogP contribution in [0.5, 0.6) is 0 Å². The molecule has 0 aromatic rings. The third kappa shape index (κ3) is 2.61. The SMILES string of the molecule is CC(=CC(F)(F)C(F)(F)C(F)(F)F)[N+](=O)[O-]. The number of hydrogen-bond donors (Lipinski definition) is 0. The highest BCUT2D eigenvalue weighted by molar-refractivity contribution is 5.07. The van der Waals surface area contributed by atoms with E-state index >= 15 is 0 Å². The molecule has 0 atom stereocenters. The van der Waals surface area contributed by atoms with Gasteiger partial charge >= 0.3 is 18.0 Å². The van der Waals surface area contributed by atoms with Crippen molar-refractivity contribution in [3.8, 4) is 0 Å². The van der Waals surface area contributed by atoms with Crippen LogP contribution in [0.4, 0.5) is 30.7 Å². The highest BCUT2D eigenvalue weighted by Gasteiger charge is 2.72. The van der Waals surface area contributed by atoms with Crippen molar-refractivity contribution in [1.29, 1.82) is 0 Å². The average molecular weight is 255 g/mol. The molecule has 0 bridgehead atoms. The first-order chi connectivity index (χ1) is 6.83. The van der Waals surface area contributed by atoms with Gasteiger partial charge in [0.2, 0.25) is 5.70 Å². The van der Waals surface area contributed by atoms with E-state index in [-0.39, 0.29) is 0 Å². The van der Waals surface area contributed by atoms with Crippen molar-refractivity contribution < 1.29 is 35.7 Å². The van der Waals surface area contributed by atoms with Crippen LogP contribution < -0.4 is 0 Å². The zero-order valence-corrected chi connectivity index (χ0v) is 7.49. The molecule has 0 saturated heterocycles. The summed E-state index contributed by atoms with van der Waals surface area (Å²) < 4.78 is 83.9. The highest BCUT2D eigenvalue weighted by Crippen LogP contribution is 2.47. The van der Waals surface area contributed by atoms with E-state index < -0.39 is 34.7 Å². The molecule has 0 spiro atoms. The van der Waals surface area contributed by atoms with E-state index in [1.807, 2.05) is 0 Å². The number of nitrogens with zero attached hydrogens (tertiary/aromatic N) is 1. The fourth-order valence-electron chi connectivity index (χ4n) is 0.595. The third-order valence-corrected chi connectivity index (χ3v) is 1.45. The van der Waals surface area contributed by atoms with E-state index in [0.29, 0.717) is 6.92 Å². The van der Waals surface area contributed by atoms with Crippen molar-refractivity contribution in [2.24, 2.45) is 0 Å². The smallest absolute Gasteiger partial charge is 0.259 e. The number of halogens is 7. The normalized spacial score (nSPS) is 15.1. The molecule has 0 saturated carbocycles. The first-order valence-corrected chi connectivity index (χ1v) is 3.49. The number of hydrogen-bond acceptors (Lipinski definition) is 2. The topological polar surface area (TPSA) is 43.1 Å². The van der Waals surface area contributed by atoms with Crippen LogP contribution in [-0.2, 0) is 0 Å². The average Bonchev–Trinajstić information content (AvgIpc) is 2.00. The van der Waals surface area contributed by atoms with Crippen LogP contribution in [0.3, 0.4) is 0 Å². The summed E-state index contributed by atoms with van der Waals surface area (Å²) in [4.78, 5) is 8.33. The summed E-state index contributed by atoms with van der Waals surface area (Å²) in [5.41, 5.74) is -1.51. The van der Waals surface area contributed by atoms with E-state index in [0.717, 1.165) is 0 Å². The predicted molar refractivity (Wildman–Crippen MR) is 36.7 cm³/mol. The first-order valence-electron chi connectivity index (χ1n) is 3.49. The molecule has 16 heavy (non-hydrogen) atoms. The molecule has 0 amide bonds. The van der Waals surface area contributed by atoms with Crippen molar-refractivity contribution in [2.75, 3.05) is 0 Å². The lowest BCUT2D eigenvalue weighted by Crippen LogP contribution is -2.51. The minimum atomic E-state index is -6.50. The maximum Gasteiger partial charge on any atom is 0.460 e. The molecule has 0 fully saturated rings. The number of alkyl halides is 7.